The van der Waals surface area contributed by atoms with E-state index >= 15 is 0 Å². The van der Waals surface area contributed by atoms with Gasteiger partial charge in [-0.05, 0) is 17.7 Å². The lowest BCUT2D eigenvalue weighted by Crippen LogP contribution is -2.45. The van der Waals surface area contributed by atoms with Crippen molar-refractivity contribution in [2.75, 3.05) is 5.75 Å². The zero-order valence-electron chi connectivity index (χ0n) is 15.2. The van der Waals surface area contributed by atoms with Gasteiger partial charge in [0.05, 0.1) is 10.8 Å². The Morgan fingerprint density at radius 3 is 2.18 bits per heavy atom. The maximum atomic E-state index is 12.6. The standard InChI is InChI=1S/C20H20N2O5S/c1-13(23)21-17(12-28-11-14-7-3-2-4-8-14)20(26)27-22-18(24)15-9-5-6-10-16(15)19(22)25/h2-10,17,24-25H,11-12H2,1H3,(H,21,23)/t17-/m0/s1. The average Bonchev–Trinajstić information content (AvgIpc) is 2.93. The van der Waals surface area contributed by atoms with Gasteiger partial charge in [-0.1, -0.05) is 42.5 Å². The van der Waals surface area contributed by atoms with Crippen LogP contribution in [0.2, 0.25) is 0 Å². The molecule has 3 aromatic rings. The van der Waals surface area contributed by atoms with Crippen molar-refractivity contribution in [2.24, 2.45) is 0 Å². The molecule has 0 aliphatic heterocycles. The number of carbonyl (C=O) groups excluding carboxylic acids is 2. The smallest absolute Gasteiger partial charge is 0.356 e. The number of aromatic nitrogens is 1. The zero-order valence-corrected chi connectivity index (χ0v) is 16.0. The minimum atomic E-state index is -0.935. The first-order chi connectivity index (χ1) is 13.5. The summed E-state index contributed by atoms with van der Waals surface area (Å²) >= 11 is 1.46. The first kappa shape index (κ1) is 19.6. The molecular formula is C20H20N2O5S. The van der Waals surface area contributed by atoms with Gasteiger partial charge in [0.25, 0.3) is 0 Å². The lowest BCUT2D eigenvalue weighted by atomic mass is 10.2. The number of benzene rings is 2. The van der Waals surface area contributed by atoms with Crippen LogP contribution in [0.4, 0.5) is 0 Å². The molecule has 0 aliphatic carbocycles. The molecule has 28 heavy (non-hydrogen) atoms. The fraction of sp³-hybridized carbons (Fsp3) is 0.200. The Kier molecular flexibility index (Phi) is 6.10. The van der Waals surface area contributed by atoms with Crippen molar-refractivity contribution in [3.05, 3.63) is 60.2 Å². The molecule has 1 atom stereocenters. The van der Waals surface area contributed by atoms with Gasteiger partial charge in [-0.25, -0.2) is 4.79 Å². The van der Waals surface area contributed by atoms with Gasteiger partial charge in [-0.15, -0.1) is 4.73 Å². The first-order valence-electron chi connectivity index (χ1n) is 8.59. The lowest BCUT2D eigenvalue weighted by Gasteiger charge is -2.17. The van der Waals surface area contributed by atoms with E-state index < -0.39 is 12.0 Å². The Hall–Kier alpha value is -3.13. The van der Waals surface area contributed by atoms with Crippen molar-refractivity contribution in [1.29, 1.82) is 0 Å². The molecule has 8 heteroatoms. The number of rotatable bonds is 7. The summed E-state index contributed by atoms with van der Waals surface area (Å²) in [7, 11) is 0. The first-order valence-corrected chi connectivity index (χ1v) is 9.75. The van der Waals surface area contributed by atoms with Crippen LogP contribution in [0.5, 0.6) is 11.8 Å². The third-order valence-corrected chi connectivity index (χ3v) is 5.14. The molecule has 146 valence electrons. The van der Waals surface area contributed by atoms with Gasteiger partial charge >= 0.3 is 5.97 Å². The molecule has 0 aliphatic rings. The van der Waals surface area contributed by atoms with Crippen LogP contribution in [-0.4, -0.2) is 38.6 Å². The maximum Gasteiger partial charge on any atom is 0.356 e. The number of aromatic hydroxyl groups is 2. The molecule has 0 bridgehead atoms. The predicted octanol–water partition coefficient (Wildman–Crippen LogP) is 2.45. The summed E-state index contributed by atoms with van der Waals surface area (Å²) in [6, 6.07) is 15.4. The van der Waals surface area contributed by atoms with E-state index in [9.17, 15) is 19.8 Å². The van der Waals surface area contributed by atoms with E-state index in [0.717, 1.165) is 5.56 Å². The monoisotopic (exact) mass is 400 g/mol. The summed E-state index contributed by atoms with van der Waals surface area (Å²) < 4.78 is 0.670. The largest absolute Gasteiger partial charge is 0.492 e. The van der Waals surface area contributed by atoms with Crippen LogP contribution >= 0.6 is 11.8 Å². The van der Waals surface area contributed by atoms with Crippen LogP contribution in [0, 0.1) is 0 Å². The second-order valence-corrected chi connectivity index (χ2v) is 7.18. The highest BCUT2D eigenvalue weighted by molar-refractivity contribution is 7.98. The third-order valence-electron chi connectivity index (χ3n) is 4.03. The second kappa shape index (κ2) is 8.71. The topological polar surface area (TPSA) is 101 Å². The molecule has 0 fully saturated rings. The Balaban J connectivity index is 1.72. The highest BCUT2D eigenvalue weighted by Gasteiger charge is 2.26. The third kappa shape index (κ3) is 4.40. The van der Waals surface area contributed by atoms with E-state index in [1.54, 1.807) is 24.3 Å². The van der Waals surface area contributed by atoms with E-state index in [2.05, 4.69) is 5.32 Å². The SMILES string of the molecule is CC(=O)N[C@@H](CSCc1ccccc1)C(=O)On1c(O)c2ccccc2c1O. The van der Waals surface area contributed by atoms with Crippen molar-refractivity contribution >= 4 is 34.4 Å². The molecule has 0 saturated carbocycles. The predicted molar refractivity (Wildman–Crippen MR) is 107 cm³/mol. The van der Waals surface area contributed by atoms with Crippen molar-refractivity contribution < 1.29 is 24.6 Å². The fourth-order valence-corrected chi connectivity index (χ4v) is 3.72. The molecule has 7 nitrogen and oxygen atoms in total. The molecule has 3 N–H and O–H groups in total. The van der Waals surface area contributed by atoms with Crippen LogP contribution in [0.25, 0.3) is 10.8 Å². The molecule has 1 amide bonds. The van der Waals surface area contributed by atoms with Gasteiger partial charge in [-0.2, -0.15) is 11.8 Å². The quantitative estimate of drug-likeness (QED) is 0.563. The van der Waals surface area contributed by atoms with Crippen molar-refractivity contribution in [1.82, 2.24) is 10.0 Å². The summed E-state index contributed by atoms with van der Waals surface area (Å²) in [6.07, 6.45) is 0. The minimum Gasteiger partial charge on any atom is -0.492 e. The molecule has 0 radical (unpaired) electrons. The van der Waals surface area contributed by atoms with E-state index in [1.807, 2.05) is 30.3 Å². The van der Waals surface area contributed by atoms with Gasteiger partial charge < -0.3 is 20.4 Å². The Morgan fingerprint density at radius 1 is 1.04 bits per heavy atom. The van der Waals surface area contributed by atoms with E-state index in [1.165, 1.54) is 18.7 Å². The van der Waals surface area contributed by atoms with Crippen LogP contribution in [-0.2, 0) is 15.3 Å². The lowest BCUT2D eigenvalue weighted by molar-refractivity contribution is -0.148. The van der Waals surface area contributed by atoms with Gasteiger partial charge in [-0.3, -0.25) is 4.79 Å². The molecule has 0 saturated heterocycles. The minimum absolute atomic E-state index is 0.273. The number of hydrogen-bond acceptors (Lipinski definition) is 6. The highest BCUT2D eigenvalue weighted by atomic mass is 32.2. The number of thioether (sulfide) groups is 1. The maximum absolute atomic E-state index is 12.6. The number of nitrogens with zero attached hydrogens (tertiary/aromatic N) is 1. The number of amides is 1. The fourth-order valence-electron chi connectivity index (χ4n) is 2.72. The molecule has 3 rings (SSSR count). The second-order valence-electron chi connectivity index (χ2n) is 6.15. The Labute approximate surface area is 165 Å². The molecule has 2 aromatic carbocycles. The van der Waals surface area contributed by atoms with Crippen LogP contribution in [0.1, 0.15) is 12.5 Å². The molecule has 0 spiro atoms. The van der Waals surface area contributed by atoms with E-state index in [-0.39, 0.29) is 23.4 Å². The van der Waals surface area contributed by atoms with E-state index in [4.69, 9.17) is 4.84 Å². The van der Waals surface area contributed by atoms with Gasteiger partial charge in [0.15, 0.2) is 0 Å². The summed E-state index contributed by atoms with van der Waals surface area (Å²) in [4.78, 5) is 29.2. The number of nitrogens with one attached hydrogen (secondary N) is 1. The van der Waals surface area contributed by atoms with Gasteiger partial charge in [0, 0.05) is 18.4 Å². The summed E-state index contributed by atoms with van der Waals surface area (Å²) in [5.74, 6) is -1.01. The number of carbonyl (C=O) groups is 2. The molecule has 1 aromatic heterocycles. The average molecular weight is 400 g/mol. The number of hydrogen-bond donors (Lipinski definition) is 3. The van der Waals surface area contributed by atoms with Crippen LogP contribution in [0.3, 0.4) is 0 Å². The number of fused-ring (bicyclic) bond motifs is 1. The summed E-state index contributed by atoms with van der Waals surface area (Å²) in [5, 5.41) is 23.7. The molecular weight excluding hydrogens is 380 g/mol. The normalized spacial score (nSPS) is 11.9. The summed E-state index contributed by atoms with van der Waals surface area (Å²) in [6.45, 7) is 1.31. The Morgan fingerprint density at radius 2 is 1.61 bits per heavy atom. The van der Waals surface area contributed by atoms with Crippen LogP contribution < -0.4 is 10.2 Å². The highest BCUT2D eigenvalue weighted by Crippen LogP contribution is 2.34. The van der Waals surface area contributed by atoms with Gasteiger partial charge in [0.2, 0.25) is 17.7 Å². The molecule has 1 heterocycles. The van der Waals surface area contributed by atoms with Crippen molar-refractivity contribution in [3.8, 4) is 11.8 Å². The molecule has 0 unspecified atom stereocenters. The van der Waals surface area contributed by atoms with Gasteiger partial charge in [0.1, 0.15) is 6.04 Å². The van der Waals surface area contributed by atoms with Crippen molar-refractivity contribution in [2.45, 2.75) is 18.7 Å². The Bertz CT molecular complexity index is 948. The zero-order chi connectivity index (χ0) is 20.1. The van der Waals surface area contributed by atoms with Crippen LogP contribution in [0.15, 0.2) is 54.6 Å². The van der Waals surface area contributed by atoms with Crippen molar-refractivity contribution in [3.63, 3.8) is 0 Å². The van der Waals surface area contributed by atoms with E-state index in [0.29, 0.717) is 21.3 Å². The summed E-state index contributed by atoms with van der Waals surface area (Å²) in [5.41, 5.74) is 1.09.